The molecule has 2 heterocycles. The molecule has 2 atom stereocenters. The lowest BCUT2D eigenvalue weighted by atomic mass is 10.0. The Kier molecular flexibility index (Phi) is 14.6. The predicted molar refractivity (Wildman–Crippen MR) is 209 cm³/mol. The Morgan fingerprint density at radius 2 is 1.41 bits per heavy atom. The van der Waals surface area contributed by atoms with E-state index in [1.165, 1.54) is 30.3 Å². The Hall–Kier alpha value is -5.62. The molecular weight excluding hydrogens is 802 g/mol. The number of thioether (sulfide) groups is 1. The number of aliphatic hydroxyl groups excluding tert-OH is 2. The van der Waals surface area contributed by atoms with E-state index in [0.29, 0.717) is 28.0 Å². The van der Waals surface area contributed by atoms with E-state index in [9.17, 15) is 41.1 Å². The van der Waals surface area contributed by atoms with E-state index in [-0.39, 0.29) is 35.2 Å². The van der Waals surface area contributed by atoms with Crippen molar-refractivity contribution in [2.75, 3.05) is 20.1 Å². The maximum absolute atomic E-state index is 14.5. The number of piperidine rings is 1. The average Bonchev–Trinajstić information content (AvgIpc) is 3.21. The number of aromatic nitrogens is 1. The number of halogens is 5. The van der Waals surface area contributed by atoms with Crippen LogP contribution in [0, 0.1) is 11.6 Å². The number of carbonyl (C=O) groups is 3. The molecule has 1 aliphatic rings. The molecule has 1 aliphatic heterocycles. The summed E-state index contributed by atoms with van der Waals surface area (Å²) in [6.45, 7) is 1.88. The van der Waals surface area contributed by atoms with E-state index in [2.05, 4.69) is 4.90 Å². The number of aliphatic carboxylic acids is 2. The number of para-hydroxylation sites is 1. The Bertz CT molecular complexity index is 2320. The van der Waals surface area contributed by atoms with Crippen LogP contribution in [0.25, 0.3) is 22.0 Å². The van der Waals surface area contributed by atoms with Crippen LogP contribution in [0.15, 0.2) is 107 Å². The second-order valence-electron chi connectivity index (χ2n) is 13.8. The van der Waals surface area contributed by atoms with Gasteiger partial charge in [-0.15, -0.1) is 11.8 Å². The first kappa shape index (κ1) is 44.5. The summed E-state index contributed by atoms with van der Waals surface area (Å²) in [6.07, 6.45) is -7.39. The number of carboxylic acid groups (broad SMARTS) is 2. The predicted octanol–water partition coefficient (Wildman–Crippen LogP) is 6.26. The highest BCUT2D eigenvalue weighted by Gasteiger charge is 2.31. The van der Waals surface area contributed by atoms with Gasteiger partial charge in [-0.25, -0.2) is 18.4 Å². The van der Waals surface area contributed by atoms with Crippen molar-refractivity contribution in [3.8, 4) is 11.1 Å². The lowest BCUT2D eigenvalue weighted by Gasteiger charge is -2.38. The van der Waals surface area contributed by atoms with Crippen LogP contribution in [0.5, 0.6) is 0 Å². The number of nitrogens with zero attached hydrogens (tertiary/aromatic N) is 3. The third kappa shape index (κ3) is 11.3. The van der Waals surface area contributed by atoms with E-state index in [4.69, 9.17) is 20.4 Å². The minimum atomic E-state index is -4.41. The molecule has 1 saturated heterocycles. The van der Waals surface area contributed by atoms with Crippen molar-refractivity contribution >= 4 is 40.5 Å². The summed E-state index contributed by atoms with van der Waals surface area (Å²) in [4.78, 5) is 51.1. The Morgan fingerprint density at radius 1 is 0.831 bits per heavy atom. The van der Waals surface area contributed by atoms with Crippen molar-refractivity contribution in [3.05, 3.63) is 136 Å². The maximum Gasteiger partial charge on any atom is 0.416 e. The van der Waals surface area contributed by atoms with Crippen LogP contribution >= 0.6 is 11.8 Å². The van der Waals surface area contributed by atoms with Crippen molar-refractivity contribution in [3.63, 3.8) is 0 Å². The first-order chi connectivity index (χ1) is 27.9. The zero-order valence-corrected chi connectivity index (χ0v) is 32.3. The summed E-state index contributed by atoms with van der Waals surface area (Å²) in [5.41, 5.74) is 2.04. The minimum Gasteiger partial charge on any atom is -0.479 e. The van der Waals surface area contributed by atoms with Crippen LogP contribution in [0.4, 0.5) is 22.0 Å². The number of rotatable bonds is 12. The van der Waals surface area contributed by atoms with Gasteiger partial charge in [0.15, 0.2) is 29.3 Å². The first-order valence-corrected chi connectivity index (χ1v) is 19.2. The van der Waals surface area contributed by atoms with E-state index >= 15 is 0 Å². The van der Waals surface area contributed by atoms with Gasteiger partial charge in [0.05, 0.1) is 16.1 Å². The smallest absolute Gasteiger partial charge is 0.416 e. The second kappa shape index (κ2) is 19.4. The van der Waals surface area contributed by atoms with Gasteiger partial charge in [0, 0.05) is 35.4 Å². The average molecular weight is 842 g/mol. The molecule has 59 heavy (non-hydrogen) atoms. The summed E-state index contributed by atoms with van der Waals surface area (Å²) >= 11 is 1.16. The Balaban J connectivity index is 0.000000586. The summed E-state index contributed by atoms with van der Waals surface area (Å²) in [5.74, 6) is -5.54. The molecule has 11 nitrogen and oxygen atoms in total. The number of carboxylic acids is 2. The number of aliphatic hydroxyl groups is 2. The SMILES string of the molecule is CN1CCC(N(Cc2ccc(-c3ccc(C(F)(F)F)cc3)cc2)C(=O)Cn2c(SCc3cccc(F)c3F)cc(=O)c3ccccc32)CC1.O=C(O)C(O)C(O)C(=O)O. The largest absolute Gasteiger partial charge is 0.479 e. The lowest BCUT2D eigenvalue weighted by molar-refractivity contribution is -0.165. The van der Waals surface area contributed by atoms with Crippen LogP contribution in [0.1, 0.15) is 29.5 Å². The highest BCUT2D eigenvalue weighted by atomic mass is 32.2. The number of benzene rings is 4. The van der Waals surface area contributed by atoms with Crippen LogP contribution in [0.2, 0.25) is 0 Å². The van der Waals surface area contributed by atoms with Gasteiger partial charge in [0.1, 0.15) is 6.54 Å². The van der Waals surface area contributed by atoms with Gasteiger partial charge >= 0.3 is 18.1 Å². The van der Waals surface area contributed by atoms with Crippen LogP contribution in [-0.4, -0.2) is 91.0 Å². The number of fused-ring (bicyclic) bond motifs is 1. The molecule has 0 spiro atoms. The number of likely N-dealkylation sites (tertiary alicyclic amines) is 1. The highest BCUT2D eigenvalue weighted by molar-refractivity contribution is 7.98. The monoisotopic (exact) mass is 841 g/mol. The summed E-state index contributed by atoms with van der Waals surface area (Å²) in [6, 6.07) is 24.8. The number of pyridine rings is 1. The molecule has 4 aromatic carbocycles. The normalized spacial score (nSPS) is 14.6. The fraction of sp³-hybridized carbons (Fsp3) is 0.286. The Labute approximate surface area is 338 Å². The molecule has 0 bridgehead atoms. The number of carbonyl (C=O) groups excluding carboxylic acids is 1. The third-order valence-corrected chi connectivity index (χ3v) is 10.9. The molecule has 4 N–H and O–H groups in total. The number of hydrogen-bond donors (Lipinski definition) is 4. The van der Waals surface area contributed by atoms with Gasteiger partial charge in [-0.3, -0.25) is 9.59 Å². The molecule has 0 radical (unpaired) electrons. The summed E-state index contributed by atoms with van der Waals surface area (Å²) in [7, 11) is 2.04. The molecular formula is C42H40F5N3O8S. The first-order valence-electron chi connectivity index (χ1n) is 18.2. The molecule has 6 rings (SSSR count). The summed E-state index contributed by atoms with van der Waals surface area (Å²) < 4.78 is 69.4. The van der Waals surface area contributed by atoms with Crippen molar-refractivity contribution in [1.29, 1.82) is 0 Å². The van der Waals surface area contributed by atoms with E-state index in [0.717, 1.165) is 67.0 Å². The molecule has 0 saturated carbocycles. The van der Waals surface area contributed by atoms with E-state index in [1.54, 1.807) is 28.8 Å². The van der Waals surface area contributed by atoms with Crippen molar-refractivity contribution in [1.82, 2.24) is 14.4 Å². The molecule has 1 amide bonds. The topological polar surface area (TPSA) is 161 Å². The van der Waals surface area contributed by atoms with Crippen LogP contribution in [-0.2, 0) is 39.4 Å². The standard InChI is InChI=1S/C38H34F5N3O2S.C4H6O6/c1-44-19-17-30(18-20-44)45(22-25-9-11-26(12-10-25)27-13-15-29(16-14-27)38(41,42)43)35(48)23-46-33-8-3-2-6-31(33)34(47)21-36(46)49-24-28-5-4-7-32(39)37(28)40;5-1(3(7)8)2(6)4(9)10/h2-16,21,30H,17-20,22-24H2,1H3;1-2,5-6H,(H,7,8)(H,9,10). The molecule has 5 aromatic rings. The van der Waals surface area contributed by atoms with Gasteiger partial charge in [-0.1, -0.05) is 60.7 Å². The molecule has 2 unspecified atom stereocenters. The van der Waals surface area contributed by atoms with Gasteiger partial charge in [-0.05, 0) is 80.0 Å². The number of amides is 1. The fourth-order valence-corrected chi connectivity index (χ4v) is 7.51. The van der Waals surface area contributed by atoms with Gasteiger partial charge in [0.25, 0.3) is 0 Å². The van der Waals surface area contributed by atoms with Crippen LogP contribution in [0.3, 0.4) is 0 Å². The second-order valence-corrected chi connectivity index (χ2v) is 14.8. The van der Waals surface area contributed by atoms with E-state index in [1.807, 2.05) is 36.2 Å². The lowest BCUT2D eigenvalue weighted by Crippen LogP contribution is -2.47. The fourth-order valence-electron chi connectivity index (χ4n) is 6.47. The van der Waals surface area contributed by atoms with Crippen LogP contribution < -0.4 is 5.43 Å². The molecule has 1 fully saturated rings. The quantitative estimate of drug-likeness (QED) is 0.0835. The zero-order valence-electron chi connectivity index (χ0n) is 31.5. The van der Waals surface area contributed by atoms with E-state index < -0.39 is 47.5 Å². The van der Waals surface area contributed by atoms with Crippen molar-refractivity contribution in [2.24, 2.45) is 0 Å². The molecule has 1 aromatic heterocycles. The highest BCUT2D eigenvalue weighted by Crippen LogP contribution is 2.32. The minimum absolute atomic E-state index is 0.0403. The maximum atomic E-state index is 14.5. The molecule has 17 heteroatoms. The van der Waals surface area contributed by atoms with Crippen molar-refractivity contribution in [2.45, 2.75) is 61.1 Å². The Morgan fingerprint density at radius 3 is 1.98 bits per heavy atom. The van der Waals surface area contributed by atoms with Gasteiger partial charge in [-0.2, -0.15) is 13.2 Å². The number of hydrogen-bond acceptors (Lipinski definition) is 8. The molecule has 312 valence electrons. The van der Waals surface area contributed by atoms with Gasteiger partial charge < -0.3 is 34.8 Å². The number of alkyl halides is 3. The van der Waals surface area contributed by atoms with Crippen molar-refractivity contribution < 1.29 is 56.8 Å². The third-order valence-electron chi connectivity index (χ3n) is 9.79. The molecule has 0 aliphatic carbocycles. The van der Waals surface area contributed by atoms with Gasteiger partial charge in [0.2, 0.25) is 5.91 Å². The zero-order chi connectivity index (χ0) is 43.0. The summed E-state index contributed by atoms with van der Waals surface area (Å²) in [5, 5.41) is 33.4.